The summed E-state index contributed by atoms with van der Waals surface area (Å²) in [4.78, 5) is 0. The monoisotopic (exact) mass is 132 g/mol. The van der Waals surface area contributed by atoms with Crippen LogP contribution >= 0.6 is 0 Å². The summed E-state index contributed by atoms with van der Waals surface area (Å²) >= 11 is 4.64. The summed E-state index contributed by atoms with van der Waals surface area (Å²) in [6, 6.07) is 0. The molecule has 0 aliphatic heterocycles. The van der Waals surface area contributed by atoms with Crippen LogP contribution in [0.5, 0.6) is 0 Å². The molecule has 2 nitrogen and oxygen atoms in total. The molecule has 0 aliphatic rings. The fourth-order valence-electron chi connectivity index (χ4n) is 0. The first kappa shape index (κ1) is 4.66. The van der Waals surface area contributed by atoms with Crippen molar-refractivity contribution in [2.24, 2.45) is 8.20 Å². The second-order valence-corrected chi connectivity index (χ2v) is 0.673. The van der Waals surface area contributed by atoms with Crippen molar-refractivity contribution in [1.82, 2.24) is 0 Å². The molecular weight excluding hydrogens is 132 g/mol. The molecule has 0 unspecified atom stereocenters. The standard InChI is InChI=1S/2Cr.N2/c;;1-2/q2*+1;-2. The van der Waals surface area contributed by atoms with Crippen molar-refractivity contribution >= 4 is 0 Å². The summed E-state index contributed by atoms with van der Waals surface area (Å²) in [5.74, 6) is 0. The van der Waals surface area contributed by atoms with Crippen molar-refractivity contribution in [2.75, 3.05) is 0 Å². The average molecular weight is 132 g/mol. The van der Waals surface area contributed by atoms with E-state index in [1.807, 2.05) is 0 Å². The summed E-state index contributed by atoms with van der Waals surface area (Å²) in [7, 11) is 0. The van der Waals surface area contributed by atoms with Crippen LogP contribution in [0, 0.1) is 0 Å². The van der Waals surface area contributed by atoms with E-state index in [1.165, 1.54) is 0 Å². The molecule has 0 atom stereocenters. The first-order chi connectivity index (χ1) is 1.91. The molecule has 0 aromatic rings. The zero-order valence-corrected chi connectivity index (χ0v) is 4.26. The van der Waals surface area contributed by atoms with Gasteiger partial charge in [0.2, 0.25) is 0 Å². The Labute approximate surface area is 41.6 Å². The summed E-state index contributed by atoms with van der Waals surface area (Å²) in [6.45, 7) is 0. The van der Waals surface area contributed by atoms with Crippen molar-refractivity contribution < 1.29 is 33.0 Å². The van der Waals surface area contributed by atoms with Gasteiger partial charge >= 0.3 is 41.2 Å². The topological polar surface area (TPSA) is 24.7 Å². The van der Waals surface area contributed by atoms with E-state index in [9.17, 15) is 0 Å². The Morgan fingerprint density at radius 2 is 1.25 bits per heavy atom. The average Bonchev–Trinajstić information content (AvgIpc) is 1.37. The Morgan fingerprint density at radius 3 is 1.25 bits per heavy atom. The molecule has 0 radical (unpaired) electrons. The summed E-state index contributed by atoms with van der Waals surface area (Å²) in [6.07, 6.45) is 0. The Balaban J connectivity index is 2.55. The molecule has 0 fully saturated rings. The van der Waals surface area contributed by atoms with Crippen molar-refractivity contribution in [3.63, 3.8) is 0 Å². The van der Waals surface area contributed by atoms with Crippen LogP contribution in [0.3, 0.4) is 0 Å². The third kappa shape index (κ3) is 2.66. The Morgan fingerprint density at radius 1 is 1.00 bits per heavy atom. The van der Waals surface area contributed by atoms with Gasteiger partial charge in [-0.3, -0.25) is 0 Å². The van der Waals surface area contributed by atoms with Crippen LogP contribution in [0.4, 0.5) is 0 Å². The number of nitrogens with zero attached hydrogens (tertiary/aromatic N) is 2. The summed E-state index contributed by atoms with van der Waals surface area (Å²) < 4.78 is 6.36. The molecule has 0 N–H and O–H groups in total. The molecule has 0 aromatic heterocycles. The van der Waals surface area contributed by atoms with E-state index in [0.717, 1.165) is 0 Å². The van der Waals surface area contributed by atoms with E-state index in [-0.39, 0.29) is 0 Å². The van der Waals surface area contributed by atoms with Gasteiger partial charge in [-0.1, -0.05) is 0 Å². The minimum absolute atomic E-state index is 2.32. The van der Waals surface area contributed by atoms with E-state index in [0.29, 0.717) is 0 Å². The number of hydrogen-bond acceptors (Lipinski definition) is 2. The molecule has 0 saturated carbocycles. The van der Waals surface area contributed by atoms with Crippen molar-refractivity contribution in [2.45, 2.75) is 0 Å². The van der Waals surface area contributed by atoms with Crippen LogP contribution in [0.1, 0.15) is 0 Å². The van der Waals surface area contributed by atoms with Gasteiger partial charge in [-0.25, -0.2) is 0 Å². The van der Waals surface area contributed by atoms with E-state index < -0.39 is 0 Å². The maximum absolute atomic E-state index is 3.18. The molecule has 0 heterocycles. The second kappa shape index (κ2) is 3.66. The third-order valence-electron chi connectivity index (χ3n) is 0.0333. The van der Waals surface area contributed by atoms with E-state index in [2.05, 4.69) is 41.2 Å². The Hall–Kier alpha value is 0.665. The summed E-state index contributed by atoms with van der Waals surface area (Å²) in [5, 5.41) is 0. The molecule has 0 saturated heterocycles. The third-order valence-corrected chi connectivity index (χ3v) is 0.567. The van der Waals surface area contributed by atoms with Crippen molar-refractivity contribution in [3.05, 3.63) is 0 Å². The van der Waals surface area contributed by atoms with Crippen molar-refractivity contribution in [1.29, 1.82) is 0 Å². The molecule has 0 aliphatic carbocycles. The van der Waals surface area contributed by atoms with Crippen LogP contribution in [0.25, 0.3) is 0 Å². The molecule has 4 heteroatoms. The molecular formula is Cr2N2. The fraction of sp³-hybridized carbons (Fsp3) is 0. The molecule has 0 spiro atoms. The van der Waals surface area contributed by atoms with E-state index in [4.69, 9.17) is 0 Å². The van der Waals surface area contributed by atoms with Crippen LogP contribution < -0.4 is 0 Å². The normalized spacial score (nSPS) is 9.00. The van der Waals surface area contributed by atoms with Gasteiger partial charge in [-0.15, -0.1) is 0 Å². The van der Waals surface area contributed by atoms with Gasteiger partial charge in [0.05, 0.1) is 0 Å². The first-order valence-electron chi connectivity index (χ1n) is 0.565. The quantitative estimate of drug-likeness (QED) is 0.425. The summed E-state index contributed by atoms with van der Waals surface area (Å²) in [5.41, 5.74) is 0. The van der Waals surface area contributed by atoms with Gasteiger partial charge in [-0.2, -0.15) is 0 Å². The van der Waals surface area contributed by atoms with Gasteiger partial charge in [0.25, 0.3) is 0 Å². The number of rotatable bonds is 0. The molecule has 0 aromatic carbocycles. The fourth-order valence-corrected chi connectivity index (χ4v) is 0. The Bertz CT molecular complexity index is 19.2. The predicted molar refractivity (Wildman–Crippen MR) is 4.86 cm³/mol. The SMILES string of the molecule is [Cr][N]=[N][Cr]. The van der Waals surface area contributed by atoms with Crippen LogP contribution in [0.15, 0.2) is 8.20 Å². The zero-order chi connectivity index (χ0) is 3.41. The maximum atomic E-state index is 3.18. The van der Waals surface area contributed by atoms with E-state index in [1.54, 1.807) is 0 Å². The first-order valence-corrected chi connectivity index (χ1v) is 1.71. The van der Waals surface area contributed by atoms with Gasteiger partial charge in [0.15, 0.2) is 0 Å². The predicted octanol–water partition coefficient (Wildman–Crippen LogP) is 0.362. The van der Waals surface area contributed by atoms with Crippen molar-refractivity contribution in [3.8, 4) is 0 Å². The number of hydrogen-bond donors (Lipinski definition) is 0. The molecule has 22 valence electrons. The zero-order valence-electron chi connectivity index (χ0n) is 1.71. The van der Waals surface area contributed by atoms with Crippen LogP contribution in [0.2, 0.25) is 0 Å². The molecule has 4 heavy (non-hydrogen) atoms. The minimum atomic E-state index is 2.32. The second-order valence-electron chi connectivity index (χ2n) is 0.163. The van der Waals surface area contributed by atoms with Gasteiger partial charge in [0.1, 0.15) is 0 Å². The van der Waals surface area contributed by atoms with Gasteiger partial charge in [-0.05, 0) is 0 Å². The van der Waals surface area contributed by atoms with Gasteiger partial charge in [0, 0.05) is 0 Å². The Kier molecular flexibility index (Phi) is 4.27. The molecule has 0 bridgehead atoms. The van der Waals surface area contributed by atoms with Gasteiger partial charge < -0.3 is 0 Å². The molecule has 0 rings (SSSR count). The van der Waals surface area contributed by atoms with E-state index >= 15 is 0 Å². The molecule has 0 amide bonds. The van der Waals surface area contributed by atoms with Crippen LogP contribution in [-0.4, -0.2) is 0 Å². The van der Waals surface area contributed by atoms with Crippen LogP contribution in [-0.2, 0) is 33.0 Å².